The molecule has 0 fully saturated rings. The van der Waals surface area contributed by atoms with Crippen LogP contribution in [0.25, 0.3) is 0 Å². The number of aromatic nitrogens is 9. The van der Waals surface area contributed by atoms with Crippen molar-refractivity contribution in [3.8, 4) is 0 Å². The SMILES string of the molecule is C=CCOCCOCCOCCOCCOCC(Cn1cc(COCC(C)(CNC(=O)C(C)(C)Br)CNC(=O)C(C)(C)Br)nn1)(Cn1cc(COCC(CNC(=O)C(C)(C)Br)(CNC(=O)C(C)(C)Br)CNC(=O)C(C)(C)Br)nn1)Cn1cc(COCC(CNC(=O)C(C)(C)Br)(CNC(=O)C(C)(C)Br)CNC(=O)C(C)(C)Br)nn1. The van der Waals surface area contributed by atoms with Crippen molar-refractivity contribution in [3.05, 3.63) is 48.3 Å². The Labute approximate surface area is 732 Å². The largest absolute Gasteiger partial charge is 0.378 e. The summed E-state index contributed by atoms with van der Waals surface area (Å²) in [5.41, 5.74) is -2.96. The number of halogens is 8. The molecule has 0 radical (unpaired) electrons. The van der Waals surface area contributed by atoms with Crippen LogP contribution < -0.4 is 42.5 Å². The monoisotopic (exact) mass is 2110 g/mol. The Morgan fingerprint density at radius 3 is 0.770 bits per heavy atom. The minimum Gasteiger partial charge on any atom is -0.378 e. The van der Waals surface area contributed by atoms with Crippen LogP contribution in [0.2, 0.25) is 0 Å². The van der Waals surface area contributed by atoms with Gasteiger partial charge in [-0.25, -0.2) is 0 Å². The second kappa shape index (κ2) is 46.9. The number of ether oxygens (including phenoxy) is 8. The first-order valence-electron chi connectivity index (χ1n) is 36.7. The van der Waals surface area contributed by atoms with E-state index < -0.39 is 56.3 Å². The topological polar surface area (TPSA) is 399 Å². The van der Waals surface area contributed by atoms with Crippen LogP contribution in [0.5, 0.6) is 0 Å². The predicted octanol–water partition coefficient (Wildman–Crippen LogP) is 6.96. The lowest BCUT2D eigenvalue weighted by molar-refractivity contribution is -0.126. The summed E-state index contributed by atoms with van der Waals surface area (Å²) in [6.45, 7) is 35.5. The van der Waals surface area contributed by atoms with Crippen molar-refractivity contribution in [1.29, 1.82) is 0 Å². The molecule has 3 rings (SSSR count). The zero-order valence-corrected chi connectivity index (χ0v) is 80.9. The van der Waals surface area contributed by atoms with Gasteiger partial charge in [0.15, 0.2) is 0 Å². The number of carbonyl (C=O) groups is 8. The molecule has 3 heterocycles. The van der Waals surface area contributed by atoms with Gasteiger partial charge >= 0.3 is 0 Å². The van der Waals surface area contributed by atoms with Crippen LogP contribution in [0.1, 0.15) is 135 Å². The molecule has 0 saturated carbocycles. The molecule has 644 valence electrons. The summed E-state index contributed by atoms with van der Waals surface area (Å²) in [6, 6.07) is 0. The second-order valence-corrected chi connectivity index (χ2v) is 48.4. The van der Waals surface area contributed by atoms with E-state index in [-0.39, 0.29) is 185 Å². The molecule has 3 aromatic heterocycles. The summed E-state index contributed by atoms with van der Waals surface area (Å²) in [4.78, 5) is 107. The highest BCUT2D eigenvalue weighted by atomic mass is 79.9. The van der Waals surface area contributed by atoms with Crippen molar-refractivity contribution in [1.82, 2.24) is 87.5 Å². The summed E-state index contributed by atoms with van der Waals surface area (Å²) < 4.78 is 46.0. The average molecular weight is 2120 g/mol. The Morgan fingerprint density at radius 2 is 0.531 bits per heavy atom. The Hall–Kier alpha value is -3.56. The van der Waals surface area contributed by atoms with Crippen LogP contribution in [-0.2, 0) is 116 Å². The maximum atomic E-state index is 13.5. The van der Waals surface area contributed by atoms with Crippen molar-refractivity contribution in [3.63, 3.8) is 0 Å². The lowest BCUT2D eigenvalue weighted by atomic mass is 9.87. The third-order valence-electron chi connectivity index (χ3n) is 16.8. The molecule has 33 nitrogen and oxygen atoms in total. The average Bonchev–Trinajstić information content (AvgIpc) is 1.74. The quantitative estimate of drug-likeness (QED) is 0.0161. The van der Waals surface area contributed by atoms with E-state index in [4.69, 9.17) is 37.9 Å². The fraction of sp³-hybridized carbons (Fsp3) is 0.778. The van der Waals surface area contributed by atoms with Crippen LogP contribution in [0.15, 0.2) is 31.2 Å². The van der Waals surface area contributed by atoms with Gasteiger partial charge in [-0.15, -0.1) is 21.9 Å². The lowest BCUT2D eigenvalue weighted by Gasteiger charge is -2.36. The molecule has 0 atom stereocenters. The number of nitrogens with zero attached hydrogens (tertiary/aromatic N) is 9. The van der Waals surface area contributed by atoms with Gasteiger partial charge in [0, 0.05) is 68.6 Å². The van der Waals surface area contributed by atoms with Gasteiger partial charge in [-0.1, -0.05) is 156 Å². The van der Waals surface area contributed by atoms with Crippen molar-refractivity contribution in [2.45, 2.75) is 192 Å². The molecular weight excluding hydrogens is 2000 g/mol. The van der Waals surface area contributed by atoms with Crippen molar-refractivity contribution >= 4 is 175 Å². The molecule has 41 heteroatoms. The summed E-state index contributed by atoms with van der Waals surface area (Å²) in [5.74, 6) is -2.59. The number of nitrogens with one attached hydrogen (secondary N) is 8. The number of rotatable bonds is 58. The Kier molecular flexibility index (Phi) is 43.0. The molecule has 0 saturated heterocycles. The smallest absolute Gasteiger partial charge is 0.236 e. The van der Waals surface area contributed by atoms with Gasteiger partial charge in [-0.3, -0.25) is 52.4 Å². The van der Waals surface area contributed by atoms with E-state index in [2.05, 4.69) is 207 Å². The summed E-state index contributed by atoms with van der Waals surface area (Å²) >= 11 is 27.6. The second-order valence-electron chi connectivity index (χ2n) is 32.5. The van der Waals surface area contributed by atoms with Gasteiger partial charge in [0.25, 0.3) is 0 Å². The minimum atomic E-state index is -1.13. The van der Waals surface area contributed by atoms with Crippen molar-refractivity contribution in [2.24, 2.45) is 21.7 Å². The first-order chi connectivity index (χ1) is 52.1. The van der Waals surface area contributed by atoms with E-state index >= 15 is 0 Å². The molecule has 113 heavy (non-hydrogen) atoms. The van der Waals surface area contributed by atoms with Crippen LogP contribution >= 0.6 is 127 Å². The molecule has 0 bridgehead atoms. The van der Waals surface area contributed by atoms with Gasteiger partial charge in [0.1, 0.15) is 17.1 Å². The number of alkyl halides is 8. The first kappa shape index (κ1) is 104. The molecule has 0 aliphatic rings. The standard InChI is InChI=1S/C72H119Br8N17O16/c1-19-20-106-21-22-107-23-24-108-25-26-109-27-28-110-49-72(43-95-29-50(89-92-95)32-111-46-69(18,35-81-53(98)61(2,3)73)36-82-54(99)62(4,5)74,44-96-30-51(90-93-96)33-112-47-70(37-83-55(100)63(6,7)75,38-84-56(101)64(8,9)76)39-85-57(102)65(10,11)77)45-97-31-52(91-94-97)34-113-48-71(40-86-58(103)66(12,13)78,41-87-59(104)67(14,15)79)42-88-60(105)68(16,17)80/h19,29-31H,1,20-28,32-49H2,2-18H3,(H,81,98)(H,82,99)(H,83,100)(H,84,101)(H,85,102)(H,86,103)(H,87,104)(H,88,105). The zero-order valence-electron chi connectivity index (χ0n) is 68.2. The van der Waals surface area contributed by atoms with Gasteiger partial charge in [0.05, 0.1) is 184 Å². The van der Waals surface area contributed by atoms with Gasteiger partial charge in [-0.2, -0.15) is 0 Å². The third kappa shape index (κ3) is 40.8. The minimum absolute atomic E-state index is 0.00338. The van der Waals surface area contributed by atoms with Crippen LogP contribution in [0.4, 0.5) is 0 Å². The van der Waals surface area contributed by atoms with Crippen molar-refractivity contribution < 1.29 is 76.3 Å². The highest BCUT2D eigenvalue weighted by molar-refractivity contribution is 9.11. The lowest BCUT2D eigenvalue weighted by Crippen LogP contribution is -2.57. The maximum Gasteiger partial charge on any atom is 0.236 e. The molecule has 0 unspecified atom stereocenters. The number of hydrogen-bond acceptors (Lipinski definition) is 22. The molecule has 3 aromatic rings. The fourth-order valence-electron chi connectivity index (χ4n) is 9.86. The first-order valence-corrected chi connectivity index (χ1v) is 43.1. The number of hydrogen-bond donors (Lipinski definition) is 8. The Bertz CT molecular complexity index is 3170. The molecular formula is C72H119Br8N17O16. The summed E-state index contributed by atoms with van der Waals surface area (Å²) in [5, 5.41) is 51.4. The van der Waals surface area contributed by atoms with E-state index in [1.165, 1.54) is 0 Å². The fourth-order valence-corrected chi connectivity index (χ4v) is 11.0. The number of amides is 8. The van der Waals surface area contributed by atoms with Crippen LogP contribution in [-0.4, -0.2) is 265 Å². The van der Waals surface area contributed by atoms with Crippen LogP contribution in [0.3, 0.4) is 0 Å². The van der Waals surface area contributed by atoms with E-state index in [9.17, 15) is 38.4 Å². The van der Waals surface area contributed by atoms with Gasteiger partial charge < -0.3 is 80.4 Å². The Morgan fingerprint density at radius 1 is 0.319 bits per heavy atom. The molecule has 0 aliphatic carbocycles. The van der Waals surface area contributed by atoms with Gasteiger partial charge in [0.2, 0.25) is 47.3 Å². The normalized spacial score (nSPS) is 13.1. The van der Waals surface area contributed by atoms with Gasteiger partial charge in [-0.05, 0) is 111 Å². The molecule has 0 spiro atoms. The maximum absolute atomic E-state index is 13.5. The van der Waals surface area contributed by atoms with E-state index in [1.54, 1.807) is 149 Å². The van der Waals surface area contributed by atoms with Crippen molar-refractivity contribution in [2.75, 3.05) is 138 Å². The van der Waals surface area contributed by atoms with E-state index in [1.807, 2.05) is 6.92 Å². The molecule has 0 aliphatic heterocycles. The molecule has 8 amide bonds. The Balaban J connectivity index is 2.23. The third-order valence-corrected chi connectivity index (χ3v) is 19.7. The van der Waals surface area contributed by atoms with Crippen LogP contribution in [0, 0.1) is 21.7 Å². The summed E-state index contributed by atoms with van der Waals surface area (Å²) in [6.07, 6.45) is 6.81. The highest BCUT2D eigenvalue weighted by Crippen LogP contribution is 2.30. The zero-order chi connectivity index (χ0) is 85.6. The van der Waals surface area contributed by atoms with E-state index in [0.717, 1.165) is 0 Å². The van der Waals surface area contributed by atoms with E-state index in [0.29, 0.717) is 56.7 Å². The summed E-state index contributed by atoms with van der Waals surface area (Å²) in [7, 11) is 0. The molecule has 8 N–H and O–H groups in total. The molecule has 0 aromatic carbocycles. The predicted molar refractivity (Wildman–Crippen MR) is 457 cm³/mol. The highest BCUT2D eigenvalue weighted by Gasteiger charge is 2.42. The number of carbonyl (C=O) groups excluding carboxylic acids is 8.